The van der Waals surface area contributed by atoms with Crippen molar-refractivity contribution in [1.29, 1.82) is 0 Å². The lowest BCUT2D eigenvalue weighted by Gasteiger charge is -2.30. The number of pyridine rings is 1. The summed E-state index contributed by atoms with van der Waals surface area (Å²) in [6.45, 7) is 5.42. The zero-order valence-corrected chi connectivity index (χ0v) is 18.7. The van der Waals surface area contributed by atoms with E-state index in [0.29, 0.717) is 19.0 Å². The lowest BCUT2D eigenvalue weighted by molar-refractivity contribution is 0.132. The molecule has 0 saturated carbocycles. The summed E-state index contributed by atoms with van der Waals surface area (Å²) < 4.78 is 1.83. The van der Waals surface area contributed by atoms with E-state index in [1.807, 2.05) is 10.7 Å². The maximum atomic E-state index is 11.2. The predicted molar refractivity (Wildman–Crippen MR) is 129 cm³/mol. The van der Waals surface area contributed by atoms with E-state index in [1.165, 1.54) is 32.4 Å². The van der Waals surface area contributed by atoms with Crippen molar-refractivity contribution in [2.24, 2.45) is 0 Å². The number of nitrogens with zero attached hydrogens (tertiary/aromatic N) is 4. The summed E-state index contributed by atoms with van der Waals surface area (Å²) in [6, 6.07) is 13.3. The topological polar surface area (TPSA) is 86.5 Å². The molecule has 5 aromatic rings. The number of H-pyrrole nitrogens is 1. The van der Waals surface area contributed by atoms with E-state index in [2.05, 4.69) is 65.3 Å². The van der Waals surface area contributed by atoms with Crippen LogP contribution in [-0.2, 0) is 0 Å². The molecule has 2 aromatic carbocycles. The summed E-state index contributed by atoms with van der Waals surface area (Å²) in [5, 5.41) is 16.0. The highest BCUT2D eigenvalue weighted by Gasteiger charge is 2.24. The van der Waals surface area contributed by atoms with Gasteiger partial charge in [-0.1, -0.05) is 6.07 Å². The van der Waals surface area contributed by atoms with Crippen LogP contribution in [-0.4, -0.2) is 48.8 Å². The van der Waals surface area contributed by atoms with Crippen LogP contribution in [0.15, 0.2) is 48.9 Å². The number of amides is 1. The molecule has 0 radical (unpaired) electrons. The minimum Gasteiger partial charge on any atom is -0.465 e. The number of piperidine rings is 1. The fourth-order valence-electron chi connectivity index (χ4n) is 5.28. The number of carbonyl (C=O) groups is 1. The number of carboxylic acid groups (broad SMARTS) is 1. The molecular weight excluding hydrogens is 414 g/mol. The van der Waals surface area contributed by atoms with Gasteiger partial charge in [-0.05, 0) is 85.2 Å². The Bertz CT molecular complexity index is 1540. The number of aromatic nitrogens is 4. The van der Waals surface area contributed by atoms with Crippen molar-refractivity contribution in [3.05, 3.63) is 65.6 Å². The summed E-state index contributed by atoms with van der Waals surface area (Å²) in [6.07, 6.45) is 4.54. The van der Waals surface area contributed by atoms with Crippen LogP contribution in [0.5, 0.6) is 0 Å². The molecule has 2 N–H and O–H groups in total. The first-order chi connectivity index (χ1) is 16.0. The summed E-state index contributed by atoms with van der Waals surface area (Å²) in [4.78, 5) is 20.7. The van der Waals surface area contributed by atoms with Crippen LogP contribution in [0.4, 0.5) is 4.79 Å². The van der Waals surface area contributed by atoms with Gasteiger partial charge in [-0.25, -0.2) is 14.3 Å². The van der Waals surface area contributed by atoms with Crippen molar-refractivity contribution in [1.82, 2.24) is 24.5 Å². The second-order valence-corrected chi connectivity index (χ2v) is 9.13. The van der Waals surface area contributed by atoms with Crippen LogP contribution >= 0.6 is 0 Å². The van der Waals surface area contributed by atoms with Crippen LogP contribution in [0.3, 0.4) is 0 Å². The third-order valence-corrected chi connectivity index (χ3v) is 7.07. The average Bonchev–Trinajstić information content (AvgIpc) is 3.43. The Morgan fingerprint density at radius 2 is 1.82 bits per heavy atom. The lowest BCUT2D eigenvalue weighted by Crippen LogP contribution is -2.36. The molecule has 0 bridgehead atoms. The maximum absolute atomic E-state index is 11.2. The van der Waals surface area contributed by atoms with E-state index >= 15 is 0 Å². The van der Waals surface area contributed by atoms with Gasteiger partial charge in [-0.15, -0.1) is 0 Å². The zero-order chi connectivity index (χ0) is 22.7. The number of fused-ring (bicyclic) bond motifs is 4. The van der Waals surface area contributed by atoms with Gasteiger partial charge in [0.25, 0.3) is 0 Å². The molecule has 0 spiro atoms. The molecule has 4 heterocycles. The van der Waals surface area contributed by atoms with E-state index < -0.39 is 6.09 Å². The van der Waals surface area contributed by atoms with Gasteiger partial charge in [0, 0.05) is 46.7 Å². The van der Waals surface area contributed by atoms with Gasteiger partial charge in [-0.2, -0.15) is 5.10 Å². The summed E-state index contributed by atoms with van der Waals surface area (Å²) in [5.41, 5.74) is 9.01. The first kappa shape index (κ1) is 19.8. The average molecular weight is 440 g/mol. The lowest BCUT2D eigenvalue weighted by atomic mass is 9.88. The standard InChI is InChI=1S/C26H25N5O2/c1-15-10-21-22-11-18(17-5-7-30(8-6-17)26(32)33)3-4-23(22)29-24(21)12-20(15)19-9-16(2)25-27-14-28-31(25)13-19/h3-4,9-14,17,29H,5-8H2,1-2H3,(H,32,33). The first-order valence-corrected chi connectivity index (χ1v) is 11.3. The highest BCUT2D eigenvalue weighted by Crippen LogP contribution is 2.36. The molecular formula is C26H25N5O2. The molecule has 1 amide bonds. The number of likely N-dealkylation sites (tertiary alicyclic amines) is 1. The van der Waals surface area contributed by atoms with Crippen molar-refractivity contribution in [3.8, 4) is 11.1 Å². The number of hydrogen-bond donors (Lipinski definition) is 2. The monoisotopic (exact) mass is 439 g/mol. The molecule has 166 valence electrons. The van der Waals surface area contributed by atoms with Gasteiger partial charge in [0.1, 0.15) is 6.33 Å². The normalized spacial score (nSPS) is 15.2. The fraction of sp³-hybridized carbons (Fsp3) is 0.269. The van der Waals surface area contributed by atoms with Gasteiger partial charge in [0.05, 0.1) is 0 Å². The third-order valence-electron chi connectivity index (χ3n) is 7.07. The van der Waals surface area contributed by atoms with Crippen LogP contribution in [0.1, 0.15) is 35.4 Å². The number of aryl methyl sites for hydroxylation is 2. The van der Waals surface area contributed by atoms with Crippen molar-refractivity contribution in [2.45, 2.75) is 32.6 Å². The Hall–Kier alpha value is -3.87. The molecule has 6 rings (SSSR count). The van der Waals surface area contributed by atoms with Gasteiger partial charge in [0.15, 0.2) is 5.65 Å². The van der Waals surface area contributed by atoms with E-state index in [0.717, 1.165) is 40.6 Å². The molecule has 0 aliphatic carbocycles. The van der Waals surface area contributed by atoms with Crippen molar-refractivity contribution in [2.75, 3.05) is 13.1 Å². The van der Waals surface area contributed by atoms with Gasteiger partial charge in [0.2, 0.25) is 0 Å². The molecule has 7 nitrogen and oxygen atoms in total. The number of benzene rings is 2. The van der Waals surface area contributed by atoms with Crippen LogP contribution in [0, 0.1) is 13.8 Å². The van der Waals surface area contributed by atoms with Crippen LogP contribution in [0.2, 0.25) is 0 Å². The van der Waals surface area contributed by atoms with E-state index in [9.17, 15) is 9.90 Å². The Balaban J connectivity index is 1.41. The summed E-state index contributed by atoms with van der Waals surface area (Å²) in [7, 11) is 0. The second kappa shape index (κ2) is 7.33. The minimum atomic E-state index is -0.815. The van der Waals surface area contributed by atoms with E-state index in [-0.39, 0.29) is 0 Å². The highest BCUT2D eigenvalue weighted by atomic mass is 16.4. The Morgan fingerprint density at radius 1 is 1.03 bits per heavy atom. The smallest absolute Gasteiger partial charge is 0.407 e. The third kappa shape index (κ3) is 3.23. The second-order valence-electron chi connectivity index (χ2n) is 9.13. The molecule has 33 heavy (non-hydrogen) atoms. The van der Waals surface area contributed by atoms with Crippen molar-refractivity contribution >= 4 is 33.5 Å². The molecule has 1 saturated heterocycles. The number of nitrogens with one attached hydrogen (secondary N) is 1. The Kier molecular flexibility index (Phi) is 4.40. The van der Waals surface area contributed by atoms with Gasteiger partial charge in [-0.3, -0.25) is 0 Å². The molecule has 1 aliphatic rings. The highest BCUT2D eigenvalue weighted by molar-refractivity contribution is 6.09. The predicted octanol–water partition coefficient (Wildman–Crippen LogP) is 5.51. The molecule has 1 aliphatic heterocycles. The van der Waals surface area contributed by atoms with E-state index in [4.69, 9.17) is 0 Å². The molecule has 3 aromatic heterocycles. The van der Waals surface area contributed by atoms with Crippen LogP contribution < -0.4 is 0 Å². The summed E-state index contributed by atoms with van der Waals surface area (Å²) >= 11 is 0. The molecule has 0 unspecified atom stereocenters. The Morgan fingerprint density at radius 3 is 2.61 bits per heavy atom. The van der Waals surface area contributed by atoms with Crippen molar-refractivity contribution in [3.63, 3.8) is 0 Å². The summed E-state index contributed by atoms with van der Waals surface area (Å²) in [5.74, 6) is 0.396. The minimum absolute atomic E-state index is 0.396. The molecule has 1 fully saturated rings. The number of hydrogen-bond acceptors (Lipinski definition) is 3. The quantitative estimate of drug-likeness (QED) is 0.380. The van der Waals surface area contributed by atoms with Crippen molar-refractivity contribution < 1.29 is 9.90 Å². The SMILES string of the molecule is Cc1cc2c(cc1-c1cc(C)c3ncnn3c1)[nH]c1ccc(C3CCN(C(=O)O)CC3)cc12. The number of rotatable bonds is 2. The van der Waals surface area contributed by atoms with E-state index in [1.54, 1.807) is 6.33 Å². The van der Waals surface area contributed by atoms with Gasteiger partial charge >= 0.3 is 6.09 Å². The van der Waals surface area contributed by atoms with Gasteiger partial charge < -0.3 is 15.0 Å². The Labute approximate surface area is 190 Å². The molecule has 7 heteroatoms. The first-order valence-electron chi connectivity index (χ1n) is 11.3. The zero-order valence-electron chi connectivity index (χ0n) is 18.7. The fourth-order valence-corrected chi connectivity index (χ4v) is 5.28. The maximum Gasteiger partial charge on any atom is 0.407 e. The number of aromatic amines is 1. The van der Waals surface area contributed by atoms with Crippen LogP contribution in [0.25, 0.3) is 38.6 Å². The molecule has 0 atom stereocenters. The largest absolute Gasteiger partial charge is 0.465 e.